The van der Waals surface area contributed by atoms with Crippen LogP contribution in [-0.2, 0) is 0 Å². The number of carbonyl (C=O) groups is 1. The number of benzene rings is 1. The van der Waals surface area contributed by atoms with Gasteiger partial charge in [0, 0.05) is 24.0 Å². The van der Waals surface area contributed by atoms with Crippen LogP contribution in [0.15, 0.2) is 36.5 Å². The minimum absolute atomic E-state index is 0.0462. The van der Waals surface area contributed by atoms with E-state index in [1.54, 1.807) is 0 Å². The number of anilines is 1. The molecule has 0 saturated carbocycles. The van der Waals surface area contributed by atoms with Gasteiger partial charge in [-0.1, -0.05) is 0 Å². The van der Waals surface area contributed by atoms with E-state index in [1.807, 2.05) is 6.07 Å². The highest BCUT2D eigenvalue weighted by Crippen LogP contribution is 2.26. The largest absolute Gasteiger partial charge is 0.454 e. The Morgan fingerprint density at radius 3 is 2.85 bits per heavy atom. The van der Waals surface area contributed by atoms with E-state index in [-0.39, 0.29) is 22.9 Å². The molecule has 0 aliphatic heterocycles. The summed E-state index contributed by atoms with van der Waals surface area (Å²) < 4.78 is 19.1. The van der Waals surface area contributed by atoms with Crippen molar-refractivity contribution in [2.45, 2.75) is 0 Å². The molecule has 2 amide bonds. The molecule has 2 aromatic rings. The van der Waals surface area contributed by atoms with Crippen molar-refractivity contribution in [2.75, 3.05) is 5.32 Å². The number of nitrogens with one attached hydrogen (secondary N) is 1. The lowest BCUT2D eigenvalue weighted by molar-refractivity contribution is 0.259. The highest BCUT2D eigenvalue weighted by Gasteiger charge is 2.07. The summed E-state index contributed by atoms with van der Waals surface area (Å²) in [5.74, 6) is -0.437. The summed E-state index contributed by atoms with van der Waals surface area (Å²) in [5, 5.41) is 11.0. The van der Waals surface area contributed by atoms with Crippen molar-refractivity contribution < 1.29 is 13.9 Å². The lowest BCUT2D eigenvalue weighted by atomic mass is 10.3. The van der Waals surface area contributed by atoms with Gasteiger partial charge < -0.3 is 15.8 Å². The predicted octanol–water partition coefficient (Wildman–Crippen LogP) is 2.38. The molecule has 3 N–H and O–H groups in total. The fourth-order valence-electron chi connectivity index (χ4n) is 1.47. The number of aromatic nitrogens is 1. The van der Waals surface area contributed by atoms with Crippen molar-refractivity contribution in [1.29, 1.82) is 5.26 Å². The third-order valence-electron chi connectivity index (χ3n) is 2.27. The van der Waals surface area contributed by atoms with Crippen molar-refractivity contribution in [3.8, 4) is 17.6 Å². The first-order chi connectivity index (χ1) is 9.58. The smallest absolute Gasteiger partial charge is 0.316 e. The van der Waals surface area contributed by atoms with Crippen LogP contribution < -0.4 is 15.8 Å². The SMILES string of the molecule is N#Cc1cc(Oc2ccc(NC(N)=O)cc2F)ccn1. The Kier molecular flexibility index (Phi) is 3.77. The number of ether oxygens (including phenoxy) is 1. The second-order valence-corrected chi connectivity index (χ2v) is 3.73. The maximum absolute atomic E-state index is 13.8. The molecule has 2 rings (SSSR count). The van der Waals surface area contributed by atoms with Gasteiger partial charge >= 0.3 is 6.03 Å². The summed E-state index contributed by atoms with van der Waals surface area (Å²) in [6, 6.07) is 7.80. The maximum Gasteiger partial charge on any atom is 0.316 e. The number of nitrogens with zero attached hydrogens (tertiary/aromatic N) is 2. The molecular formula is C13H9FN4O2. The number of hydrogen-bond donors (Lipinski definition) is 2. The number of nitriles is 1. The predicted molar refractivity (Wildman–Crippen MR) is 68.6 cm³/mol. The van der Waals surface area contributed by atoms with Gasteiger partial charge in [-0.2, -0.15) is 5.26 Å². The Balaban J connectivity index is 2.21. The summed E-state index contributed by atoms with van der Waals surface area (Å²) in [5.41, 5.74) is 5.31. The van der Waals surface area contributed by atoms with Gasteiger partial charge in [-0.05, 0) is 18.2 Å². The Hall–Kier alpha value is -3.14. The van der Waals surface area contributed by atoms with Crippen LogP contribution >= 0.6 is 0 Å². The Labute approximate surface area is 113 Å². The van der Waals surface area contributed by atoms with Crippen LogP contribution in [0.1, 0.15) is 5.69 Å². The lowest BCUT2D eigenvalue weighted by Gasteiger charge is -2.08. The zero-order valence-electron chi connectivity index (χ0n) is 10.1. The summed E-state index contributed by atoms with van der Waals surface area (Å²) in [7, 11) is 0. The molecule has 1 heterocycles. The van der Waals surface area contributed by atoms with Crippen LogP contribution in [0.25, 0.3) is 0 Å². The van der Waals surface area contributed by atoms with E-state index in [4.69, 9.17) is 15.7 Å². The number of rotatable bonds is 3. The van der Waals surface area contributed by atoms with Crippen LogP contribution in [0.5, 0.6) is 11.5 Å². The Bertz CT molecular complexity index is 697. The van der Waals surface area contributed by atoms with E-state index in [2.05, 4.69) is 10.3 Å². The van der Waals surface area contributed by atoms with E-state index >= 15 is 0 Å². The first-order valence-corrected chi connectivity index (χ1v) is 5.48. The molecule has 0 aliphatic rings. The topological polar surface area (TPSA) is 101 Å². The number of pyridine rings is 1. The average Bonchev–Trinajstić information content (AvgIpc) is 2.41. The minimum Gasteiger partial charge on any atom is -0.454 e. The fraction of sp³-hybridized carbons (Fsp3) is 0. The number of urea groups is 1. The van der Waals surface area contributed by atoms with Crippen molar-refractivity contribution in [3.05, 3.63) is 48.0 Å². The van der Waals surface area contributed by atoms with E-state index in [9.17, 15) is 9.18 Å². The summed E-state index contributed by atoms with van der Waals surface area (Å²) in [4.78, 5) is 14.4. The van der Waals surface area contributed by atoms with E-state index < -0.39 is 11.8 Å². The molecule has 0 radical (unpaired) electrons. The third kappa shape index (κ3) is 3.20. The van der Waals surface area contributed by atoms with Crippen molar-refractivity contribution in [2.24, 2.45) is 5.73 Å². The van der Waals surface area contributed by atoms with Gasteiger partial charge in [0.15, 0.2) is 11.6 Å². The molecule has 0 unspecified atom stereocenters. The highest BCUT2D eigenvalue weighted by molar-refractivity contribution is 5.87. The third-order valence-corrected chi connectivity index (χ3v) is 2.27. The maximum atomic E-state index is 13.8. The molecule has 6 nitrogen and oxygen atoms in total. The zero-order valence-corrected chi connectivity index (χ0v) is 10.1. The molecule has 0 aliphatic carbocycles. The first kappa shape index (κ1) is 13.3. The number of hydrogen-bond acceptors (Lipinski definition) is 4. The van der Waals surface area contributed by atoms with Gasteiger partial charge in [-0.25, -0.2) is 14.2 Å². The Morgan fingerprint density at radius 1 is 1.40 bits per heavy atom. The molecule has 0 spiro atoms. The zero-order chi connectivity index (χ0) is 14.5. The van der Waals surface area contributed by atoms with Gasteiger partial charge in [0.05, 0.1) is 0 Å². The molecule has 0 saturated heterocycles. The first-order valence-electron chi connectivity index (χ1n) is 5.48. The van der Waals surface area contributed by atoms with Gasteiger partial charge in [0.1, 0.15) is 17.5 Å². The Morgan fingerprint density at radius 2 is 2.20 bits per heavy atom. The second kappa shape index (κ2) is 5.67. The van der Waals surface area contributed by atoms with Gasteiger partial charge in [-0.3, -0.25) is 0 Å². The molecule has 1 aromatic carbocycles. The molecule has 100 valence electrons. The van der Waals surface area contributed by atoms with Crippen LogP contribution in [0, 0.1) is 17.1 Å². The normalized spacial score (nSPS) is 9.60. The van der Waals surface area contributed by atoms with E-state index in [0.29, 0.717) is 0 Å². The molecule has 20 heavy (non-hydrogen) atoms. The van der Waals surface area contributed by atoms with Crippen molar-refractivity contribution >= 4 is 11.7 Å². The molecular weight excluding hydrogens is 263 g/mol. The summed E-state index contributed by atoms with van der Waals surface area (Å²) in [6.45, 7) is 0. The van der Waals surface area contributed by atoms with Crippen LogP contribution in [0.2, 0.25) is 0 Å². The number of amides is 2. The standard InChI is InChI=1S/C13H9FN4O2/c14-11-6-8(18-13(16)19)1-2-12(11)20-10-3-4-17-9(5-10)7-15/h1-6H,(H3,16,18,19). The molecule has 0 bridgehead atoms. The van der Waals surface area contributed by atoms with Crippen molar-refractivity contribution in [3.63, 3.8) is 0 Å². The van der Waals surface area contributed by atoms with Crippen LogP contribution in [0.4, 0.5) is 14.9 Å². The molecule has 0 atom stereocenters. The number of halogens is 1. The van der Waals surface area contributed by atoms with Gasteiger partial charge in [-0.15, -0.1) is 0 Å². The minimum atomic E-state index is -0.786. The van der Waals surface area contributed by atoms with E-state index in [1.165, 1.54) is 30.5 Å². The fourth-order valence-corrected chi connectivity index (χ4v) is 1.47. The number of primary amides is 1. The lowest BCUT2D eigenvalue weighted by Crippen LogP contribution is -2.19. The second-order valence-electron chi connectivity index (χ2n) is 3.73. The van der Waals surface area contributed by atoms with Crippen molar-refractivity contribution in [1.82, 2.24) is 4.98 Å². The monoisotopic (exact) mass is 272 g/mol. The summed E-state index contributed by atoms with van der Waals surface area (Å²) in [6.07, 6.45) is 1.38. The molecule has 1 aromatic heterocycles. The number of nitrogens with two attached hydrogens (primary N) is 1. The van der Waals surface area contributed by atoms with Gasteiger partial charge in [0.25, 0.3) is 0 Å². The van der Waals surface area contributed by atoms with Crippen LogP contribution in [-0.4, -0.2) is 11.0 Å². The van der Waals surface area contributed by atoms with Gasteiger partial charge in [0.2, 0.25) is 0 Å². The quantitative estimate of drug-likeness (QED) is 0.895. The highest BCUT2D eigenvalue weighted by atomic mass is 19.1. The summed E-state index contributed by atoms with van der Waals surface area (Å²) >= 11 is 0. The average molecular weight is 272 g/mol. The van der Waals surface area contributed by atoms with E-state index in [0.717, 1.165) is 6.07 Å². The van der Waals surface area contributed by atoms with Crippen LogP contribution in [0.3, 0.4) is 0 Å². The molecule has 0 fully saturated rings. The molecule has 7 heteroatoms. The number of carbonyl (C=O) groups excluding carboxylic acids is 1.